The van der Waals surface area contributed by atoms with Crippen LogP contribution >= 0.6 is 0 Å². The van der Waals surface area contributed by atoms with Crippen molar-refractivity contribution >= 4 is 5.97 Å². The van der Waals surface area contributed by atoms with Crippen molar-refractivity contribution in [3.05, 3.63) is 11.8 Å². The number of unbranched alkanes of at least 4 members (excludes halogenated alkanes) is 19. The smallest absolute Gasteiger partial charge is 0.335 e. The Bertz CT molecular complexity index is 417. The van der Waals surface area contributed by atoms with Crippen LogP contribution in [0.25, 0.3) is 0 Å². The van der Waals surface area contributed by atoms with Gasteiger partial charge in [-0.3, -0.25) is 0 Å². The second-order valence-electron chi connectivity index (χ2n) is 9.63. The maximum atomic E-state index is 11.8. The summed E-state index contributed by atoms with van der Waals surface area (Å²) >= 11 is 0. The van der Waals surface area contributed by atoms with Crippen molar-refractivity contribution in [1.29, 1.82) is 0 Å². The number of ether oxygens (including phenoxy) is 1. The number of carbonyl (C=O) groups excluding carboxylic acids is 1. The van der Waals surface area contributed by atoms with E-state index in [9.17, 15) is 4.79 Å². The average Bonchev–Trinajstić information content (AvgIpc) is 2.74. The lowest BCUT2D eigenvalue weighted by Gasteiger charge is -2.08. The molecule has 0 amide bonds. The third-order valence-electron chi connectivity index (χ3n) is 6.00. The van der Waals surface area contributed by atoms with Crippen molar-refractivity contribution in [3.8, 4) is 0 Å². The topological polar surface area (TPSA) is 29.5 Å². The van der Waals surface area contributed by atoms with E-state index in [1.807, 2.05) is 19.0 Å². The molecule has 184 valence electrons. The molecular weight excluding hydrogens is 382 g/mol. The molecule has 0 saturated heterocycles. The second kappa shape index (κ2) is 23.7. The van der Waals surface area contributed by atoms with Crippen molar-refractivity contribution in [1.82, 2.24) is 4.90 Å². The predicted octanol–water partition coefficient (Wildman–Crippen LogP) is 8.82. The molecule has 0 aliphatic heterocycles. The number of carbonyl (C=O) groups is 1. The minimum atomic E-state index is -0.188. The van der Waals surface area contributed by atoms with E-state index in [2.05, 4.69) is 6.92 Å². The maximum absolute atomic E-state index is 11.8. The molecule has 0 aromatic carbocycles. The molecule has 0 aliphatic rings. The Morgan fingerprint density at radius 1 is 0.613 bits per heavy atom. The molecule has 31 heavy (non-hydrogen) atoms. The molecule has 0 atom stereocenters. The number of hydrogen-bond acceptors (Lipinski definition) is 3. The van der Waals surface area contributed by atoms with E-state index in [-0.39, 0.29) is 5.97 Å². The van der Waals surface area contributed by atoms with Crippen LogP contribution in [0.4, 0.5) is 0 Å². The van der Waals surface area contributed by atoms with Crippen LogP contribution in [0.1, 0.15) is 142 Å². The highest BCUT2D eigenvalue weighted by molar-refractivity contribution is 5.87. The van der Waals surface area contributed by atoms with Crippen LogP contribution in [0.3, 0.4) is 0 Å². The SMILES string of the molecule is CCCCCCCCCCCCCCCCCCCCCCOC(=O)/C(C)=C/N(C)C. The fourth-order valence-corrected chi connectivity index (χ4v) is 4.08. The molecule has 0 aliphatic carbocycles. The zero-order valence-corrected chi connectivity index (χ0v) is 21.7. The first-order valence-electron chi connectivity index (χ1n) is 13.6. The molecule has 3 heteroatoms. The highest BCUT2D eigenvalue weighted by Crippen LogP contribution is 2.14. The van der Waals surface area contributed by atoms with Crippen LogP contribution in [-0.4, -0.2) is 31.6 Å². The molecule has 0 rings (SSSR count). The summed E-state index contributed by atoms with van der Waals surface area (Å²) in [7, 11) is 3.82. The van der Waals surface area contributed by atoms with Crippen LogP contribution < -0.4 is 0 Å². The van der Waals surface area contributed by atoms with Gasteiger partial charge < -0.3 is 9.64 Å². The first-order valence-corrected chi connectivity index (χ1v) is 13.6. The Balaban J connectivity index is 3.18. The minimum Gasteiger partial charge on any atom is -0.462 e. The monoisotopic (exact) mass is 437 g/mol. The molecule has 0 radical (unpaired) electrons. The van der Waals surface area contributed by atoms with E-state index < -0.39 is 0 Å². The Morgan fingerprint density at radius 2 is 0.935 bits per heavy atom. The van der Waals surface area contributed by atoms with Gasteiger partial charge in [-0.15, -0.1) is 0 Å². The van der Waals surface area contributed by atoms with E-state index in [1.54, 1.807) is 13.1 Å². The van der Waals surface area contributed by atoms with Crippen molar-refractivity contribution in [2.24, 2.45) is 0 Å². The highest BCUT2D eigenvalue weighted by atomic mass is 16.5. The van der Waals surface area contributed by atoms with E-state index >= 15 is 0 Å². The number of esters is 1. The van der Waals surface area contributed by atoms with Gasteiger partial charge in [-0.25, -0.2) is 4.79 Å². The summed E-state index contributed by atoms with van der Waals surface area (Å²) in [4.78, 5) is 13.6. The Morgan fingerprint density at radius 3 is 1.26 bits per heavy atom. The van der Waals surface area contributed by atoms with Crippen molar-refractivity contribution < 1.29 is 9.53 Å². The molecule has 0 bridgehead atoms. The van der Waals surface area contributed by atoms with Gasteiger partial charge in [0.1, 0.15) is 0 Å². The standard InChI is InChI=1S/C28H55NO2/c1-5-6-7-8-9-10-11-12-13-14-15-16-17-18-19-20-21-22-23-24-25-31-28(30)27(2)26-29(3)4/h26H,5-25H2,1-4H3/b27-26+. The average molecular weight is 438 g/mol. The normalized spacial score (nSPS) is 11.7. The maximum Gasteiger partial charge on any atom is 0.335 e. The van der Waals surface area contributed by atoms with Gasteiger partial charge in [-0.2, -0.15) is 0 Å². The quantitative estimate of drug-likeness (QED) is 0.0908. The van der Waals surface area contributed by atoms with E-state index in [0.29, 0.717) is 12.2 Å². The molecule has 3 nitrogen and oxygen atoms in total. The summed E-state index contributed by atoms with van der Waals surface area (Å²) in [5.41, 5.74) is 0.665. The summed E-state index contributed by atoms with van der Waals surface area (Å²) in [6, 6.07) is 0. The summed E-state index contributed by atoms with van der Waals surface area (Å²) in [6.45, 7) is 4.65. The van der Waals surface area contributed by atoms with E-state index in [0.717, 1.165) is 6.42 Å². The molecular formula is C28H55NO2. The van der Waals surface area contributed by atoms with Gasteiger partial charge in [0.2, 0.25) is 0 Å². The second-order valence-corrected chi connectivity index (χ2v) is 9.63. The number of nitrogens with zero attached hydrogens (tertiary/aromatic N) is 1. The molecule has 0 unspecified atom stereocenters. The number of hydrogen-bond donors (Lipinski definition) is 0. The zero-order chi connectivity index (χ0) is 23.0. The van der Waals surface area contributed by atoms with Crippen LogP contribution in [0.5, 0.6) is 0 Å². The molecule has 0 saturated carbocycles. The van der Waals surface area contributed by atoms with Crippen molar-refractivity contribution in [3.63, 3.8) is 0 Å². The van der Waals surface area contributed by atoms with Gasteiger partial charge in [-0.1, -0.05) is 129 Å². The molecule has 0 heterocycles. The molecule has 0 aromatic heterocycles. The minimum absolute atomic E-state index is 0.188. The van der Waals surface area contributed by atoms with Crippen molar-refractivity contribution in [2.45, 2.75) is 142 Å². The summed E-state index contributed by atoms with van der Waals surface area (Å²) in [6.07, 6.45) is 29.4. The summed E-state index contributed by atoms with van der Waals surface area (Å²) in [5.74, 6) is -0.188. The van der Waals surface area contributed by atoms with Gasteiger partial charge in [0.15, 0.2) is 0 Å². The van der Waals surface area contributed by atoms with Crippen LogP contribution in [0.2, 0.25) is 0 Å². The van der Waals surface area contributed by atoms with E-state index in [4.69, 9.17) is 4.74 Å². The van der Waals surface area contributed by atoms with Gasteiger partial charge in [-0.05, 0) is 13.3 Å². The third kappa shape index (κ3) is 23.5. The molecule has 0 spiro atoms. The lowest BCUT2D eigenvalue weighted by molar-refractivity contribution is -0.139. The summed E-state index contributed by atoms with van der Waals surface area (Å²) < 4.78 is 5.31. The van der Waals surface area contributed by atoms with Crippen molar-refractivity contribution in [2.75, 3.05) is 20.7 Å². The Hall–Kier alpha value is -0.990. The first-order chi connectivity index (χ1) is 15.1. The predicted molar refractivity (Wildman–Crippen MR) is 136 cm³/mol. The zero-order valence-electron chi connectivity index (χ0n) is 21.7. The Kier molecular flexibility index (Phi) is 22.9. The Labute approximate surface area is 195 Å². The van der Waals surface area contributed by atoms with E-state index in [1.165, 1.54) is 122 Å². The molecule has 0 fully saturated rings. The summed E-state index contributed by atoms with van der Waals surface area (Å²) in [5, 5.41) is 0. The van der Waals surface area contributed by atoms with Gasteiger partial charge in [0.25, 0.3) is 0 Å². The number of rotatable bonds is 23. The third-order valence-corrected chi connectivity index (χ3v) is 6.00. The van der Waals surface area contributed by atoms with Gasteiger partial charge in [0.05, 0.1) is 6.61 Å². The fourth-order valence-electron chi connectivity index (χ4n) is 4.08. The van der Waals surface area contributed by atoms with Crippen LogP contribution in [-0.2, 0) is 9.53 Å². The molecule has 0 aromatic rings. The largest absolute Gasteiger partial charge is 0.462 e. The highest BCUT2D eigenvalue weighted by Gasteiger charge is 2.05. The first kappa shape index (κ1) is 30.0. The van der Waals surface area contributed by atoms with Gasteiger partial charge in [0, 0.05) is 25.9 Å². The van der Waals surface area contributed by atoms with Crippen LogP contribution in [0, 0.1) is 0 Å². The lowest BCUT2D eigenvalue weighted by Crippen LogP contribution is -2.11. The lowest BCUT2D eigenvalue weighted by atomic mass is 10.0. The van der Waals surface area contributed by atoms with Crippen LogP contribution in [0.15, 0.2) is 11.8 Å². The fraction of sp³-hybridized carbons (Fsp3) is 0.893. The van der Waals surface area contributed by atoms with Gasteiger partial charge >= 0.3 is 5.97 Å². The molecule has 0 N–H and O–H groups in total.